The number of aromatic nitrogens is 3. The summed E-state index contributed by atoms with van der Waals surface area (Å²) in [7, 11) is 0. The Morgan fingerprint density at radius 1 is 1.28 bits per heavy atom. The zero-order valence-electron chi connectivity index (χ0n) is 16.9. The summed E-state index contributed by atoms with van der Waals surface area (Å²) in [6.45, 7) is 7.47. The number of benzene rings is 1. The molecule has 3 aromatic rings. The lowest BCUT2D eigenvalue weighted by atomic mass is 10.0. The first-order valence-electron chi connectivity index (χ1n) is 9.54. The Morgan fingerprint density at radius 2 is 2.03 bits per heavy atom. The molecule has 0 unspecified atom stereocenters. The Hall–Kier alpha value is -2.58. The van der Waals surface area contributed by atoms with Crippen LogP contribution in [0.4, 0.5) is 0 Å². The van der Waals surface area contributed by atoms with E-state index in [9.17, 15) is 9.59 Å². The van der Waals surface area contributed by atoms with Gasteiger partial charge >= 0.3 is 5.76 Å². The number of nitrogens with one attached hydrogen (secondary N) is 1. The number of ether oxygens (including phenoxy) is 1. The van der Waals surface area contributed by atoms with E-state index in [0.717, 1.165) is 12.8 Å². The van der Waals surface area contributed by atoms with Crippen molar-refractivity contribution in [2.75, 3.05) is 6.61 Å². The number of H-pyrrole nitrogens is 1. The summed E-state index contributed by atoms with van der Waals surface area (Å²) in [6.07, 6.45) is 1.89. The average Bonchev–Trinajstić information content (AvgIpc) is 3.11. The van der Waals surface area contributed by atoms with Crippen LogP contribution in [-0.2, 0) is 13.1 Å². The Kier molecular flexibility index (Phi) is 7.64. The van der Waals surface area contributed by atoms with Crippen LogP contribution in [0.3, 0.4) is 0 Å². The predicted octanol–water partition coefficient (Wildman–Crippen LogP) is 3.06. The van der Waals surface area contributed by atoms with Gasteiger partial charge in [0.05, 0.1) is 17.7 Å². The molecule has 0 atom stereocenters. The van der Waals surface area contributed by atoms with E-state index < -0.39 is 5.76 Å². The molecule has 0 saturated carbocycles. The molecule has 0 spiro atoms. The van der Waals surface area contributed by atoms with Crippen LogP contribution >= 0.6 is 12.4 Å². The van der Waals surface area contributed by atoms with E-state index >= 15 is 0 Å². The molecule has 3 N–H and O–H groups in total. The number of rotatable bonds is 8. The van der Waals surface area contributed by atoms with Crippen molar-refractivity contribution in [2.24, 2.45) is 11.7 Å². The Morgan fingerprint density at radius 3 is 2.62 bits per heavy atom. The van der Waals surface area contributed by atoms with Crippen LogP contribution in [0.5, 0.6) is 5.75 Å². The van der Waals surface area contributed by atoms with Crippen LogP contribution in [0.25, 0.3) is 22.2 Å². The number of nitrogens with zero attached hydrogens (tertiary/aromatic N) is 2. The monoisotopic (exact) mass is 422 g/mol. The van der Waals surface area contributed by atoms with Crippen LogP contribution in [0.1, 0.15) is 39.3 Å². The maximum Gasteiger partial charge on any atom is 0.439 e. The van der Waals surface area contributed by atoms with Gasteiger partial charge in [-0.25, -0.2) is 4.79 Å². The van der Waals surface area contributed by atoms with Crippen LogP contribution in [0, 0.1) is 5.92 Å². The van der Waals surface area contributed by atoms with Crippen molar-refractivity contribution in [1.82, 2.24) is 14.7 Å². The second-order valence-electron chi connectivity index (χ2n) is 7.20. The van der Waals surface area contributed by atoms with E-state index in [1.807, 2.05) is 0 Å². The van der Waals surface area contributed by atoms with Crippen molar-refractivity contribution < 1.29 is 9.26 Å². The third kappa shape index (κ3) is 4.71. The summed E-state index contributed by atoms with van der Waals surface area (Å²) >= 11 is 0. The second-order valence-corrected chi connectivity index (χ2v) is 7.20. The molecule has 0 fully saturated rings. The van der Waals surface area contributed by atoms with Gasteiger partial charge in [-0.3, -0.25) is 14.3 Å². The maximum absolute atomic E-state index is 13.1. The van der Waals surface area contributed by atoms with Crippen molar-refractivity contribution in [1.29, 1.82) is 0 Å². The van der Waals surface area contributed by atoms with E-state index in [4.69, 9.17) is 10.5 Å². The highest BCUT2D eigenvalue weighted by molar-refractivity contribution is 5.91. The minimum Gasteiger partial charge on any atom is -0.491 e. The number of hydrogen-bond acceptors (Lipinski definition) is 6. The number of pyridine rings is 1. The molecule has 3 rings (SSSR count). The molecule has 1 aromatic carbocycles. The van der Waals surface area contributed by atoms with E-state index in [1.54, 1.807) is 22.8 Å². The van der Waals surface area contributed by atoms with Crippen molar-refractivity contribution in [3.8, 4) is 17.1 Å². The van der Waals surface area contributed by atoms with Gasteiger partial charge in [0.1, 0.15) is 5.75 Å². The average molecular weight is 423 g/mol. The van der Waals surface area contributed by atoms with Gasteiger partial charge in [0, 0.05) is 24.0 Å². The van der Waals surface area contributed by atoms with Crippen LogP contribution in [0.15, 0.2) is 32.3 Å². The van der Waals surface area contributed by atoms with Crippen molar-refractivity contribution in [3.63, 3.8) is 0 Å². The van der Waals surface area contributed by atoms with Gasteiger partial charge in [0.15, 0.2) is 5.82 Å². The lowest BCUT2D eigenvalue weighted by molar-refractivity contribution is 0.304. The Balaban J connectivity index is 0.00000300. The molecule has 0 saturated heterocycles. The number of hydrogen-bond donors (Lipinski definition) is 2. The van der Waals surface area contributed by atoms with Crippen molar-refractivity contribution >= 4 is 23.2 Å². The molecule has 8 nitrogen and oxygen atoms in total. The third-order valence-corrected chi connectivity index (χ3v) is 4.53. The molecule has 2 aromatic heterocycles. The maximum atomic E-state index is 13.1. The van der Waals surface area contributed by atoms with Crippen molar-refractivity contribution in [3.05, 3.63) is 44.8 Å². The Bertz CT molecular complexity index is 1080. The summed E-state index contributed by atoms with van der Waals surface area (Å²) in [5.74, 6) is 0.555. The molecule has 0 aliphatic heterocycles. The van der Waals surface area contributed by atoms with Gasteiger partial charge < -0.3 is 15.0 Å². The molecular weight excluding hydrogens is 396 g/mol. The fourth-order valence-electron chi connectivity index (χ4n) is 3.21. The third-order valence-electron chi connectivity index (χ3n) is 4.53. The summed E-state index contributed by atoms with van der Waals surface area (Å²) in [4.78, 5) is 27.0. The highest BCUT2D eigenvalue weighted by Crippen LogP contribution is 2.31. The molecule has 0 radical (unpaired) electrons. The molecule has 158 valence electrons. The minimum absolute atomic E-state index is 0. The smallest absolute Gasteiger partial charge is 0.439 e. The molecule has 2 heterocycles. The SMILES string of the molecule is CCCCOc1c(CN)n(CC(C)C)c(=O)c2ccc(-c3noc(=O)[nH]3)cc12.Cl. The van der Waals surface area contributed by atoms with Gasteiger partial charge in [-0.15, -0.1) is 12.4 Å². The molecule has 0 amide bonds. The van der Waals surface area contributed by atoms with Gasteiger partial charge in [0.25, 0.3) is 5.56 Å². The molecule has 0 aliphatic rings. The van der Waals surface area contributed by atoms with Crippen molar-refractivity contribution in [2.45, 2.75) is 46.7 Å². The predicted molar refractivity (Wildman–Crippen MR) is 115 cm³/mol. The van der Waals surface area contributed by atoms with Crippen LogP contribution in [-0.4, -0.2) is 21.3 Å². The number of halogens is 1. The summed E-state index contributed by atoms with van der Waals surface area (Å²) in [5.41, 5.74) is 7.23. The van der Waals surface area contributed by atoms with Gasteiger partial charge in [-0.2, -0.15) is 0 Å². The summed E-state index contributed by atoms with van der Waals surface area (Å²) in [6, 6.07) is 5.24. The fraction of sp³-hybridized carbons (Fsp3) is 0.450. The fourth-order valence-corrected chi connectivity index (χ4v) is 3.21. The lowest BCUT2D eigenvalue weighted by Crippen LogP contribution is -2.28. The minimum atomic E-state index is -0.635. The molecular formula is C20H27ClN4O4. The zero-order chi connectivity index (χ0) is 20.3. The zero-order valence-corrected chi connectivity index (χ0v) is 17.7. The van der Waals surface area contributed by atoms with Gasteiger partial charge in [-0.1, -0.05) is 38.4 Å². The van der Waals surface area contributed by atoms with Crippen LogP contribution < -0.4 is 21.8 Å². The second kappa shape index (κ2) is 9.76. The largest absolute Gasteiger partial charge is 0.491 e. The van der Waals surface area contributed by atoms with E-state index in [-0.39, 0.29) is 30.4 Å². The first-order valence-corrected chi connectivity index (χ1v) is 9.54. The van der Waals surface area contributed by atoms with Gasteiger partial charge in [-0.05, 0) is 24.5 Å². The van der Waals surface area contributed by atoms with Crippen LogP contribution in [0.2, 0.25) is 0 Å². The highest BCUT2D eigenvalue weighted by atomic mass is 35.5. The molecule has 0 bridgehead atoms. The number of fused-ring (bicyclic) bond motifs is 1. The topological polar surface area (TPSA) is 116 Å². The summed E-state index contributed by atoms with van der Waals surface area (Å²) < 4.78 is 12.4. The Labute approximate surface area is 174 Å². The molecule has 0 aliphatic carbocycles. The number of aromatic amines is 1. The van der Waals surface area contributed by atoms with Gasteiger partial charge in [0.2, 0.25) is 0 Å². The first kappa shape index (κ1) is 22.7. The molecule has 9 heteroatoms. The lowest BCUT2D eigenvalue weighted by Gasteiger charge is -2.20. The standard InChI is InChI=1S/C20H26N4O4.ClH/c1-4-5-8-27-17-15-9-13(18-22-20(26)28-23-18)6-7-14(15)19(25)24(11-12(2)3)16(17)10-21;/h6-7,9,12H,4-5,8,10-11,21H2,1-3H3,(H,22,23,26);1H. The van der Waals surface area contributed by atoms with E-state index in [2.05, 4.69) is 35.4 Å². The highest BCUT2D eigenvalue weighted by Gasteiger charge is 2.19. The quantitative estimate of drug-likeness (QED) is 0.539. The van der Waals surface area contributed by atoms with E-state index in [1.165, 1.54) is 0 Å². The summed E-state index contributed by atoms with van der Waals surface area (Å²) in [5, 5.41) is 4.92. The number of unbranched alkanes of at least 4 members (excludes halogenated alkanes) is 1. The normalized spacial score (nSPS) is 11.1. The van der Waals surface area contributed by atoms with E-state index in [0.29, 0.717) is 46.8 Å². The first-order chi connectivity index (χ1) is 13.5. The number of nitrogens with two attached hydrogens (primary N) is 1. The molecule has 29 heavy (non-hydrogen) atoms.